The molecule has 1 aromatic heterocycles. The van der Waals surface area contributed by atoms with Gasteiger partial charge in [-0.3, -0.25) is 0 Å². The summed E-state index contributed by atoms with van der Waals surface area (Å²) in [5.74, 6) is 1.26. The highest BCUT2D eigenvalue weighted by Crippen LogP contribution is 2.32. The van der Waals surface area contributed by atoms with Crippen molar-refractivity contribution in [2.75, 3.05) is 20.7 Å². The summed E-state index contributed by atoms with van der Waals surface area (Å²) in [5.41, 5.74) is 2.12. The smallest absolute Gasteiger partial charge is 0.129 e. The van der Waals surface area contributed by atoms with Crippen molar-refractivity contribution in [3.63, 3.8) is 0 Å². The fourth-order valence-electron chi connectivity index (χ4n) is 3.47. The minimum Gasteiger partial charge on any atom is -0.496 e. The van der Waals surface area contributed by atoms with Gasteiger partial charge in [0.1, 0.15) is 10.8 Å². The minimum absolute atomic E-state index is 0.138. The number of hydrogen-bond donors (Lipinski definition) is 1. The Bertz CT molecular complexity index is 658. The van der Waals surface area contributed by atoms with Gasteiger partial charge in [-0.2, -0.15) is 0 Å². The van der Waals surface area contributed by atoms with Gasteiger partial charge in [-0.15, -0.1) is 11.3 Å². The number of aliphatic hydroxyl groups excluding tert-OH is 1. The Morgan fingerprint density at radius 1 is 1.29 bits per heavy atom. The number of hydrogen-bond acceptors (Lipinski definition) is 5. The van der Waals surface area contributed by atoms with Crippen molar-refractivity contribution in [3.8, 4) is 16.3 Å². The molecule has 0 bridgehead atoms. The Morgan fingerprint density at radius 3 is 2.88 bits per heavy atom. The van der Waals surface area contributed by atoms with Gasteiger partial charge < -0.3 is 14.7 Å². The summed E-state index contributed by atoms with van der Waals surface area (Å²) < 4.78 is 5.43. The molecule has 1 saturated carbocycles. The molecule has 5 heteroatoms. The lowest BCUT2D eigenvalue weighted by molar-refractivity contribution is 0.0500. The molecule has 4 nitrogen and oxygen atoms in total. The van der Waals surface area contributed by atoms with Gasteiger partial charge in [0.2, 0.25) is 0 Å². The molecule has 24 heavy (non-hydrogen) atoms. The molecule has 0 saturated heterocycles. The van der Waals surface area contributed by atoms with E-state index >= 15 is 0 Å². The van der Waals surface area contributed by atoms with Crippen molar-refractivity contribution in [2.45, 2.75) is 38.3 Å². The number of rotatable bonds is 6. The summed E-state index contributed by atoms with van der Waals surface area (Å²) in [6.45, 7) is 1.75. The first kappa shape index (κ1) is 17.4. The van der Waals surface area contributed by atoms with Crippen molar-refractivity contribution in [3.05, 3.63) is 35.3 Å². The SMILES string of the molecule is COc1ccccc1-c1nc(CN(C)CC2CCCCC2O)cs1. The summed E-state index contributed by atoms with van der Waals surface area (Å²) in [7, 11) is 3.81. The van der Waals surface area contributed by atoms with E-state index < -0.39 is 0 Å². The number of nitrogens with zero attached hydrogens (tertiary/aromatic N) is 2. The summed E-state index contributed by atoms with van der Waals surface area (Å²) in [6, 6.07) is 7.99. The average molecular weight is 346 g/mol. The predicted octanol–water partition coefficient (Wildman–Crippen LogP) is 3.80. The molecule has 0 aliphatic heterocycles. The molecule has 2 atom stereocenters. The van der Waals surface area contributed by atoms with Gasteiger partial charge in [0.05, 0.1) is 24.5 Å². The first-order valence-electron chi connectivity index (χ1n) is 8.61. The zero-order valence-electron chi connectivity index (χ0n) is 14.4. The van der Waals surface area contributed by atoms with Crippen molar-refractivity contribution >= 4 is 11.3 Å². The van der Waals surface area contributed by atoms with Crippen LogP contribution in [0.15, 0.2) is 29.6 Å². The molecule has 1 fully saturated rings. The first-order valence-corrected chi connectivity index (χ1v) is 9.49. The van der Waals surface area contributed by atoms with Gasteiger partial charge in [0.15, 0.2) is 0 Å². The van der Waals surface area contributed by atoms with E-state index in [2.05, 4.69) is 17.3 Å². The standard InChI is InChI=1S/C19H26N2O2S/c1-21(11-14-7-3-5-9-17(14)22)12-15-13-24-19(20-15)16-8-4-6-10-18(16)23-2/h4,6,8,10,13-14,17,22H,3,5,7,9,11-12H2,1-2H3. The Morgan fingerprint density at radius 2 is 2.08 bits per heavy atom. The Kier molecular flexibility index (Phi) is 5.87. The lowest BCUT2D eigenvalue weighted by Gasteiger charge is -2.30. The van der Waals surface area contributed by atoms with E-state index in [4.69, 9.17) is 9.72 Å². The van der Waals surface area contributed by atoms with Gasteiger partial charge in [-0.05, 0) is 37.9 Å². The predicted molar refractivity (Wildman–Crippen MR) is 98.4 cm³/mol. The fraction of sp³-hybridized carbons (Fsp3) is 0.526. The van der Waals surface area contributed by atoms with Crippen molar-refractivity contribution in [1.82, 2.24) is 9.88 Å². The van der Waals surface area contributed by atoms with E-state index in [1.54, 1.807) is 18.4 Å². The van der Waals surface area contributed by atoms with E-state index in [-0.39, 0.29) is 6.10 Å². The van der Waals surface area contributed by atoms with Crippen LogP contribution in [0.1, 0.15) is 31.4 Å². The lowest BCUT2D eigenvalue weighted by atomic mass is 9.86. The quantitative estimate of drug-likeness (QED) is 0.864. The third kappa shape index (κ3) is 4.15. The number of aromatic nitrogens is 1. The van der Waals surface area contributed by atoms with Crippen LogP contribution in [-0.4, -0.2) is 41.8 Å². The molecule has 0 spiro atoms. The van der Waals surface area contributed by atoms with Crippen molar-refractivity contribution in [2.24, 2.45) is 5.92 Å². The summed E-state index contributed by atoms with van der Waals surface area (Å²) in [4.78, 5) is 7.05. The van der Waals surface area contributed by atoms with Crippen LogP contribution in [-0.2, 0) is 6.54 Å². The third-order valence-electron chi connectivity index (χ3n) is 4.74. The van der Waals surface area contributed by atoms with Crippen LogP contribution in [0.4, 0.5) is 0 Å². The average Bonchev–Trinajstić information content (AvgIpc) is 3.05. The Balaban J connectivity index is 1.63. The van der Waals surface area contributed by atoms with Crippen LogP contribution in [0.2, 0.25) is 0 Å². The highest BCUT2D eigenvalue weighted by atomic mass is 32.1. The highest BCUT2D eigenvalue weighted by molar-refractivity contribution is 7.13. The molecule has 2 unspecified atom stereocenters. The zero-order valence-corrected chi connectivity index (χ0v) is 15.3. The molecule has 1 aliphatic rings. The van der Waals surface area contributed by atoms with E-state index in [1.807, 2.05) is 24.3 Å². The van der Waals surface area contributed by atoms with Crippen LogP contribution in [0.5, 0.6) is 5.75 Å². The number of ether oxygens (including phenoxy) is 1. The summed E-state index contributed by atoms with van der Waals surface area (Å²) in [5, 5.41) is 13.3. The molecule has 3 rings (SSSR count). The summed E-state index contributed by atoms with van der Waals surface area (Å²) >= 11 is 1.65. The van der Waals surface area contributed by atoms with Gasteiger partial charge >= 0.3 is 0 Å². The lowest BCUT2D eigenvalue weighted by Crippen LogP contribution is -2.34. The number of thiazole rings is 1. The number of para-hydroxylation sites is 1. The maximum Gasteiger partial charge on any atom is 0.129 e. The van der Waals surface area contributed by atoms with Gasteiger partial charge in [0, 0.05) is 18.5 Å². The Hall–Kier alpha value is -1.43. The number of aliphatic hydroxyl groups is 1. The number of methoxy groups -OCH3 is 1. The molecule has 1 aromatic carbocycles. The van der Waals surface area contributed by atoms with Gasteiger partial charge in [-0.25, -0.2) is 4.98 Å². The topological polar surface area (TPSA) is 45.6 Å². The monoisotopic (exact) mass is 346 g/mol. The maximum atomic E-state index is 10.1. The van der Waals surface area contributed by atoms with Crippen LogP contribution < -0.4 is 4.74 Å². The van der Waals surface area contributed by atoms with Crippen LogP contribution >= 0.6 is 11.3 Å². The third-order valence-corrected chi connectivity index (χ3v) is 5.66. The summed E-state index contributed by atoms with van der Waals surface area (Å²) in [6.07, 6.45) is 4.35. The normalized spacial score (nSPS) is 21.2. The molecule has 2 aromatic rings. The highest BCUT2D eigenvalue weighted by Gasteiger charge is 2.24. The zero-order chi connectivity index (χ0) is 16.9. The first-order chi connectivity index (χ1) is 11.7. The van der Waals surface area contributed by atoms with Gasteiger partial charge in [-0.1, -0.05) is 25.0 Å². The molecule has 1 N–H and O–H groups in total. The molecular weight excluding hydrogens is 320 g/mol. The fourth-order valence-corrected chi connectivity index (χ4v) is 4.31. The van der Waals surface area contributed by atoms with Crippen LogP contribution in [0.3, 0.4) is 0 Å². The molecule has 0 radical (unpaired) electrons. The van der Waals surface area contributed by atoms with E-state index in [0.717, 1.165) is 54.4 Å². The van der Waals surface area contributed by atoms with Crippen molar-refractivity contribution < 1.29 is 9.84 Å². The van der Waals surface area contributed by atoms with Crippen molar-refractivity contribution in [1.29, 1.82) is 0 Å². The molecule has 1 heterocycles. The largest absolute Gasteiger partial charge is 0.496 e. The van der Waals surface area contributed by atoms with E-state index in [0.29, 0.717) is 5.92 Å². The van der Waals surface area contributed by atoms with E-state index in [1.165, 1.54) is 6.42 Å². The number of benzene rings is 1. The second-order valence-corrected chi connectivity index (χ2v) is 7.51. The van der Waals surface area contributed by atoms with Crippen LogP contribution in [0.25, 0.3) is 10.6 Å². The second-order valence-electron chi connectivity index (χ2n) is 6.65. The molecular formula is C19H26N2O2S. The minimum atomic E-state index is -0.138. The molecule has 1 aliphatic carbocycles. The molecule has 0 amide bonds. The molecule has 130 valence electrons. The Labute approximate surface area is 148 Å². The van der Waals surface area contributed by atoms with Gasteiger partial charge in [0.25, 0.3) is 0 Å². The van der Waals surface area contributed by atoms with E-state index in [9.17, 15) is 5.11 Å². The second kappa shape index (κ2) is 8.10. The maximum absolute atomic E-state index is 10.1. The van der Waals surface area contributed by atoms with Crippen LogP contribution in [0, 0.1) is 5.92 Å².